The van der Waals surface area contributed by atoms with Gasteiger partial charge in [-0.05, 0) is 19.8 Å². The number of hydrogen-bond acceptors (Lipinski definition) is 3. The molecule has 0 saturated heterocycles. The Morgan fingerprint density at radius 3 is 2.62 bits per heavy atom. The number of rotatable bonds is 4. The van der Waals surface area contributed by atoms with E-state index >= 15 is 0 Å². The second-order valence-corrected chi connectivity index (χ2v) is 4.74. The van der Waals surface area contributed by atoms with Crippen molar-refractivity contribution in [1.29, 1.82) is 0 Å². The van der Waals surface area contributed by atoms with Crippen LogP contribution in [0.1, 0.15) is 43.8 Å². The zero-order chi connectivity index (χ0) is 9.84. The van der Waals surface area contributed by atoms with Crippen molar-refractivity contribution in [3.05, 3.63) is 16.1 Å². The van der Waals surface area contributed by atoms with E-state index < -0.39 is 0 Å². The Bertz CT molecular complexity index is 253. The first kappa shape index (κ1) is 10.7. The number of aromatic nitrogens is 1. The molecule has 1 heterocycles. The predicted molar refractivity (Wildman–Crippen MR) is 58.2 cm³/mol. The van der Waals surface area contributed by atoms with E-state index in [2.05, 4.69) is 24.2 Å². The summed E-state index contributed by atoms with van der Waals surface area (Å²) >= 11 is 1.76. The molecule has 0 aliphatic heterocycles. The normalized spacial score (nSPS) is 13.6. The maximum atomic E-state index is 5.68. The minimum Gasteiger partial charge on any atom is -0.328 e. The van der Waals surface area contributed by atoms with Crippen molar-refractivity contribution < 1.29 is 0 Å². The van der Waals surface area contributed by atoms with E-state index in [0.29, 0.717) is 5.92 Å². The van der Waals surface area contributed by atoms with Crippen LogP contribution < -0.4 is 5.73 Å². The molecule has 0 aliphatic rings. The summed E-state index contributed by atoms with van der Waals surface area (Å²) in [7, 11) is 0. The van der Waals surface area contributed by atoms with Gasteiger partial charge in [0.2, 0.25) is 0 Å². The Morgan fingerprint density at radius 1 is 1.46 bits per heavy atom. The molecule has 0 fully saturated rings. The van der Waals surface area contributed by atoms with Crippen molar-refractivity contribution in [1.82, 2.24) is 4.98 Å². The van der Waals surface area contributed by atoms with E-state index in [0.717, 1.165) is 12.8 Å². The van der Waals surface area contributed by atoms with E-state index in [1.165, 1.54) is 10.7 Å². The molecule has 0 bridgehead atoms. The number of aryl methyl sites for hydroxylation is 1. The number of nitrogens with two attached hydrogens (primary N) is 1. The van der Waals surface area contributed by atoms with Gasteiger partial charge in [0.25, 0.3) is 0 Å². The number of hydrogen-bond donors (Lipinski definition) is 1. The van der Waals surface area contributed by atoms with Gasteiger partial charge >= 0.3 is 0 Å². The Kier molecular flexibility index (Phi) is 3.88. The molecule has 74 valence electrons. The molecule has 1 aromatic rings. The first-order valence-electron chi connectivity index (χ1n) is 4.79. The molecule has 0 saturated carbocycles. The highest BCUT2D eigenvalue weighted by molar-refractivity contribution is 7.09. The van der Waals surface area contributed by atoms with E-state index in [1.54, 1.807) is 11.3 Å². The molecule has 0 radical (unpaired) electrons. The molecular weight excluding hydrogens is 180 g/mol. The van der Waals surface area contributed by atoms with Crippen molar-refractivity contribution in [2.24, 2.45) is 5.73 Å². The summed E-state index contributed by atoms with van der Waals surface area (Å²) in [5.41, 5.74) is 6.88. The third-order valence-electron chi connectivity index (χ3n) is 1.92. The van der Waals surface area contributed by atoms with Gasteiger partial charge in [0, 0.05) is 17.3 Å². The Balaban J connectivity index is 2.49. The van der Waals surface area contributed by atoms with Gasteiger partial charge in [-0.2, -0.15) is 0 Å². The molecule has 0 unspecified atom stereocenters. The summed E-state index contributed by atoms with van der Waals surface area (Å²) in [5.74, 6) is 0.550. The topological polar surface area (TPSA) is 38.9 Å². The van der Waals surface area contributed by atoms with Crippen LogP contribution >= 0.6 is 11.3 Å². The van der Waals surface area contributed by atoms with Gasteiger partial charge in [0.15, 0.2) is 0 Å². The fourth-order valence-corrected chi connectivity index (χ4v) is 1.95. The van der Waals surface area contributed by atoms with Gasteiger partial charge in [0.05, 0.1) is 10.7 Å². The summed E-state index contributed by atoms with van der Waals surface area (Å²) in [4.78, 5) is 4.54. The van der Waals surface area contributed by atoms with Gasteiger partial charge in [-0.25, -0.2) is 4.98 Å². The lowest BCUT2D eigenvalue weighted by Crippen LogP contribution is -2.15. The van der Waals surface area contributed by atoms with Crippen LogP contribution in [-0.4, -0.2) is 11.0 Å². The third-order valence-corrected chi connectivity index (χ3v) is 3.11. The van der Waals surface area contributed by atoms with Crippen LogP contribution in [0, 0.1) is 0 Å². The fraction of sp³-hybridized carbons (Fsp3) is 0.700. The number of nitrogens with zero attached hydrogens (tertiary/aromatic N) is 1. The monoisotopic (exact) mass is 198 g/mol. The first-order valence-corrected chi connectivity index (χ1v) is 5.67. The molecule has 2 nitrogen and oxygen atoms in total. The largest absolute Gasteiger partial charge is 0.328 e. The highest BCUT2D eigenvalue weighted by Gasteiger charge is 2.05. The molecule has 0 amide bonds. The Morgan fingerprint density at radius 2 is 2.15 bits per heavy atom. The van der Waals surface area contributed by atoms with Crippen molar-refractivity contribution in [3.8, 4) is 0 Å². The maximum Gasteiger partial charge on any atom is 0.0953 e. The predicted octanol–water partition coefficient (Wildman–Crippen LogP) is 2.55. The van der Waals surface area contributed by atoms with Gasteiger partial charge in [0.1, 0.15) is 0 Å². The van der Waals surface area contributed by atoms with Crippen LogP contribution in [0.3, 0.4) is 0 Å². The van der Waals surface area contributed by atoms with Gasteiger partial charge in [-0.3, -0.25) is 0 Å². The van der Waals surface area contributed by atoms with Crippen molar-refractivity contribution >= 4 is 11.3 Å². The van der Waals surface area contributed by atoms with Gasteiger partial charge in [-0.1, -0.05) is 13.8 Å². The summed E-state index contributed by atoms with van der Waals surface area (Å²) in [6.45, 7) is 6.39. The van der Waals surface area contributed by atoms with Crippen LogP contribution in [0.2, 0.25) is 0 Å². The van der Waals surface area contributed by atoms with E-state index in [9.17, 15) is 0 Å². The average molecular weight is 198 g/mol. The van der Waals surface area contributed by atoms with Crippen molar-refractivity contribution in [2.45, 2.75) is 45.6 Å². The highest BCUT2D eigenvalue weighted by atomic mass is 32.1. The second-order valence-electron chi connectivity index (χ2n) is 3.85. The smallest absolute Gasteiger partial charge is 0.0953 e. The van der Waals surface area contributed by atoms with Crippen LogP contribution in [0.15, 0.2) is 5.38 Å². The summed E-state index contributed by atoms with van der Waals surface area (Å²) in [6, 6.07) is 0.282. The molecule has 3 heteroatoms. The average Bonchev–Trinajstić information content (AvgIpc) is 2.48. The molecule has 13 heavy (non-hydrogen) atoms. The SMILES string of the molecule is CC(C)c1nc(CC[C@@H](C)N)cs1. The highest BCUT2D eigenvalue weighted by Crippen LogP contribution is 2.19. The lowest BCUT2D eigenvalue weighted by Gasteiger charge is -2.01. The fourth-order valence-electron chi connectivity index (χ4n) is 1.08. The maximum absolute atomic E-state index is 5.68. The van der Waals surface area contributed by atoms with Gasteiger partial charge < -0.3 is 5.73 Å². The molecule has 0 aromatic carbocycles. The molecule has 1 aromatic heterocycles. The third kappa shape index (κ3) is 3.44. The van der Waals surface area contributed by atoms with Crippen LogP contribution in [0.25, 0.3) is 0 Å². The molecule has 2 N–H and O–H groups in total. The molecule has 1 rings (SSSR count). The molecular formula is C10H18N2S. The number of thiazole rings is 1. The summed E-state index contributed by atoms with van der Waals surface area (Å²) in [5, 5.41) is 3.39. The van der Waals surface area contributed by atoms with E-state index in [-0.39, 0.29) is 6.04 Å². The lowest BCUT2D eigenvalue weighted by molar-refractivity contribution is 0.657. The van der Waals surface area contributed by atoms with Crippen LogP contribution in [0.4, 0.5) is 0 Å². The first-order chi connectivity index (χ1) is 6.09. The minimum absolute atomic E-state index is 0.282. The standard InChI is InChI=1S/C10H18N2S/c1-7(2)10-12-9(6-13-10)5-4-8(3)11/h6-8H,4-5,11H2,1-3H3/t8-/m1/s1. The van der Waals surface area contributed by atoms with Crippen LogP contribution in [0.5, 0.6) is 0 Å². The summed E-state index contributed by atoms with van der Waals surface area (Å²) < 4.78 is 0. The molecule has 0 aliphatic carbocycles. The lowest BCUT2D eigenvalue weighted by atomic mass is 10.1. The molecule has 0 spiro atoms. The van der Waals surface area contributed by atoms with Gasteiger partial charge in [-0.15, -0.1) is 11.3 Å². The zero-order valence-corrected chi connectivity index (χ0v) is 9.40. The molecule has 1 atom stereocenters. The minimum atomic E-state index is 0.282. The summed E-state index contributed by atoms with van der Waals surface area (Å²) in [6.07, 6.45) is 2.04. The van der Waals surface area contributed by atoms with E-state index in [1.807, 2.05) is 6.92 Å². The van der Waals surface area contributed by atoms with E-state index in [4.69, 9.17) is 5.73 Å². The Labute approximate surface area is 84.2 Å². The van der Waals surface area contributed by atoms with Crippen molar-refractivity contribution in [3.63, 3.8) is 0 Å². The van der Waals surface area contributed by atoms with Crippen LogP contribution in [-0.2, 0) is 6.42 Å². The quantitative estimate of drug-likeness (QED) is 0.807. The zero-order valence-electron chi connectivity index (χ0n) is 8.58. The second kappa shape index (κ2) is 4.72. The van der Waals surface area contributed by atoms with Crippen molar-refractivity contribution in [2.75, 3.05) is 0 Å². The Hall–Kier alpha value is -0.410.